The topological polar surface area (TPSA) is 60.1 Å². The lowest BCUT2D eigenvalue weighted by molar-refractivity contribution is 0.511. The van der Waals surface area contributed by atoms with Crippen LogP contribution in [0, 0.1) is 0 Å². The first kappa shape index (κ1) is 13.5. The molecule has 5 nitrogen and oxygen atoms in total. The molecule has 1 aliphatic heterocycles. The Bertz CT molecular complexity index is 591. The van der Waals surface area contributed by atoms with Crippen molar-refractivity contribution in [3.63, 3.8) is 0 Å². The summed E-state index contributed by atoms with van der Waals surface area (Å²) in [5, 5.41) is 8.46. The Kier molecular flexibility index (Phi) is 2.85. The second-order valence-electron chi connectivity index (χ2n) is 6.42. The molecule has 1 atom stereocenters. The van der Waals surface area contributed by atoms with Crippen LogP contribution in [0.1, 0.15) is 39.1 Å². The van der Waals surface area contributed by atoms with Crippen LogP contribution < -0.4 is 0 Å². The molecule has 0 spiro atoms. The molecular weight excluding hydrogens is 248 g/mol. The van der Waals surface area contributed by atoms with Crippen LogP contribution in [-0.4, -0.2) is 37.8 Å². The van der Waals surface area contributed by atoms with Gasteiger partial charge in [0.15, 0.2) is 0 Å². The van der Waals surface area contributed by atoms with Gasteiger partial charge in [-0.1, -0.05) is 32.9 Å². The van der Waals surface area contributed by atoms with E-state index >= 15 is 0 Å². The minimum Gasteiger partial charge on any atom is -0.252 e. The van der Waals surface area contributed by atoms with E-state index in [0.29, 0.717) is 11.5 Å². The molecule has 0 aliphatic carbocycles. The number of hydrogen-bond donors (Lipinski definition) is 0. The van der Waals surface area contributed by atoms with Gasteiger partial charge in [-0.2, -0.15) is 0 Å². The first-order chi connectivity index (χ1) is 8.11. The van der Waals surface area contributed by atoms with Crippen molar-refractivity contribution in [2.24, 2.45) is 11.4 Å². The van der Waals surface area contributed by atoms with Crippen molar-refractivity contribution >= 4 is 9.73 Å². The van der Waals surface area contributed by atoms with Gasteiger partial charge in [-0.25, -0.2) is 8.57 Å². The molecule has 0 saturated carbocycles. The largest absolute Gasteiger partial charge is 0.252 e. The van der Waals surface area contributed by atoms with E-state index in [4.69, 9.17) is 0 Å². The van der Waals surface area contributed by atoms with E-state index in [1.807, 2.05) is 11.7 Å². The molecule has 0 saturated heterocycles. The van der Waals surface area contributed by atoms with Crippen LogP contribution in [0.15, 0.2) is 4.36 Å². The standard InChI is InChI=1S/C12H22N4OS/c1-11(2)7-18(17,13-5)8-12(3,4)10-9(11)14-15-16(10)6/h7-8H2,1-6H3. The summed E-state index contributed by atoms with van der Waals surface area (Å²) in [5.41, 5.74) is 1.57. The van der Waals surface area contributed by atoms with Crippen LogP contribution in [0.3, 0.4) is 0 Å². The zero-order valence-electron chi connectivity index (χ0n) is 12.0. The number of aryl methyl sites for hydroxylation is 1. The average Bonchev–Trinajstić information content (AvgIpc) is 2.56. The maximum absolute atomic E-state index is 12.9. The highest BCUT2D eigenvalue weighted by atomic mass is 32.2. The zero-order chi connectivity index (χ0) is 13.8. The minimum atomic E-state index is -2.19. The maximum atomic E-state index is 12.9. The number of aromatic nitrogens is 3. The van der Waals surface area contributed by atoms with Crippen molar-refractivity contribution in [3.8, 4) is 0 Å². The lowest BCUT2D eigenvalue weighted by Gasteiger charge is -2.24. The summed E-state index contributed by atoms with van der Waals surface area (Å²) in [5.74, 6) is 1.11. The Morgan fingerprint density at radius 2 is 1.78 bits per heavy atom. The molecule has 0 amide bonds. The second-order valence-corrected chi connectivity index (χ2v) is 8.91. The molecule has 1 aliphatic rings. The van der Waals surface area contributed by atoms with Crippen molar-refractivity contribution in [3.05, 3.63) is 11.4 Å². The third-order valence-corrected chi connectivity index (χ3v) is 6.63. The quantitative estimate of drug-likeness (QED) is 0.717. The van der Waals surface area contributed by atoms with Crippen molar-refractivity contribution < 1.29 is 4.21 Å². The fraction of sp³-hybridized carbons (Fsp3) is 0.833. The highest BCUT2D eigenvalue weighted by Crippen LogP contribution is 2.38. The van der Waals surface area contributed by atoms with Gasteiger partial charge >= 0.3 is 0 Å². The minimum absolute atomic E-state index is 0.224. The maximum Gasteiger partial charge on any atom is 0.0930 e. The third kappa shape index (κ3) is 1.96. The predicted octanol–water partition coefficient (Wildman–Crippen LogP) is 1.48. The number of fused-ring (bicyclic) bond motifs is 1. The fourth-order valence-corrected chi connectivity index (χ4v) is 5.91. The number of nitrogens with zero attached hydrogens (tertiary/aromatic N) is 4. The molecule has 0 bridgehead atoms. The highest BCUT2D eigenvalue weighted by Gasteiger charge is 2.43. The Hall–Kier alpha value is -0.910. The van der Waals surface area contributed by atoms with Gasteiger partial charge < -0.3 is 0 Å². The summed E-state index contributed by atoms with van der Waals surface area (Å²) in [4.78, 5) is 0. The SMILES string of the molecule is CN=S1(=O)CC(C)(C)c2nnn(C)c2C(C)(C)C1. The Morgan fingerprint density at radius 1 is 1.22 bits per heavy atom. The van der Waals surface area contributed by atoms with Gasteiger partial charge in [0.25, 0.3) is 0 Å². The molecule has 2 rings (SSSR count). The van der Waals surface area contributed by atoms with Gasteiger partial charge in [0.05, 0.1) is 11.4 Å². The van der Waals surface area contributed by atoms with E-state index in [-0.39, 0.29) is 10.8 Å². The molecule has 18 heavy (non-hydrogen) atoms. The van der Waals surface area contributed by atoms with Crippen molar-refractivity contribution in [1.82, 2.24) is 15.0 Å². The zero-order valence-corrected chi connectivity index (χ0v) is 12.8. The summed E-state index contributed by atoms with van der Waals surface area (Å²) in [6.07, 6.45) is 0. The van der Waals surface area contributed by atoms with Gasteiger partial charge in [-0.05, 0) is 0 Å². The molecular formula is C12H22N4OS. The van der Waals surface area contributed by atoms with Crippen molar-refractivity contribution in [1.29, 1.82) is 0 Å². The van der Waals surface area contributed by atoms with Crippen molar-refractivity contribution in [2.45, 2.75) is 38.5 Å². The molecule has 2 heterocycles. The summed E-state index contributed by atoms with van der Waals surface area (Å²) in [6.45, 7) is 8.35. The van der Waals surface area contributed by atoms with E-state index < -0.39 is 9.73 Å². The van der Waals surface area contributed by atoms with E-state index in [0.717, 1.165) is 11.4 Å². The molecule has 0 fully saturated rings. The van der Waals surface area contributed by atoms with Crippen LogP contribution in [0.25, 0.3) is 0 Å². The Labute approximate surface area is 109 Å². The Morgan fingerprint density at radius 3 is 2.33 bits per heavy atom. The normalized spacial score (nSPS) is 29.4. The van der Waals surface area contributed by atoms with Gasteiger partial charge in [-0.15, -0.1) is 5.10 Å². The lowest BCUT2D eigenvalue weighted by atomic mass is 9.82. The molecule has 0 N–H and O–H groups in total. The van der Waals surface area contributed by atoms with E-state index in [1.165, 1.54) is 0 Å². The van der Waals surface area contributed by atoms with Crippen LogP contribution in [0.4, 0.5) is 0 Å². The molecule has 6 heteroatoms. The first-order valence-corrected chi connectivity index (χ1v) is 7.98. The van der Waals surface area contributed by atoms with E-state index in [1.54, 1.807) is 7.05 Å². The predicted molar refractivity (Wildman–Crippen MR) is 73.3 cm³/mol. The number of hydrogen-bond acceptors (Lipinski definition) is 4. The molecule has 1 aromatic rings. The van der Waals surface area contributed by atoms with Gasteiger partial charge in [0.1, 0.15) is 0 Å². The van der Waals surface area contributed by atoms with Gasteiger partial charge in [-0.3, -0.25) is 4.68 Å². The van der Waals surface area contributed by atoms with Crippen LogP contribution in [0.2, 0.25) is 0 Å². The van der Waals surface area contributed by atoms with Gasteiger partial charge in [0.2, 0.25) is 0 Å². The highest BCUT2D eigenvalue weighted by molar-refractivity contribution is 7.93. The summed E-state index contributed by atoms with van der Waals surface area (Å²) < 4.78 is 18.9. The van der Waals surface area contributed by atoms with Crippen LogP contribution >= 0.6 is 0 Å². The molecule has 102 valence electrons. The van der Waals surface area contributed by atoms with E-state index in [9.17, 15) is 4.21 Å². The van der Waals surface area contributed by atoms with E-state index in [2.05, 4.69) is 42.4 Å². The monoisotopic (exact) mass is 270 g/mol. The number of rotatable bonds is 0. The third-order valence-electron chi connectivity index (χ3n) is 3.61. The first-order valence-electron chi connectivity index (χ1n) is 6.13. The second kappa shape index (κ2) is 3.79. The van der Waals surface area contributed by atoms with Crippen LogP contribution in [0.5, 0.6) is 0 Å². The lowest BCUT2D eigenvalue weighted by Crippen LogP contribution is -2.31. The summed E-state index contributed by atoms with van der Waals surface area (Å²) >= 11 is 0. The molecule has 0 aromatic carbocycles. The van der Waals surface area contributed by atoms with Crippen LogP contribution in [-0.2, 0) is 27.6 Å². The fourth-order valence-electron chi connectivity index (χ4n) is 3.02. The Balaban J connectivity index is 2.75. The van der Waals surface area contributed by atoms with Crippen molar-refractivity contribution in [2.75, 3.05) is 18.6 Å². The summed E-state index contributed by atoms with van der Waals surface area (Å²) in [6, 6.07) is 0. The summed E-state index contributed by atoms with van der Waals surface area (Å²) in [7, 11) is 1.38. The van der Waals surface area contributed by atoms with Gasteiger partial charge in [0, 0.05) is 46.2 Å². The molecule has 0 radical (unpaired) electrons. The molecule has 1 unspecified atom stereocenters. The average molecular weight is 270 g/mol. The molecule has 1 aromatic heterocycles. The smallest absolute Gasteiger partial charge is 0.0930 e.